The molecule has 2 amide bonds. The zero-order chi connectivity index (χ0) is 23.8. The summed E-state index contributed by atoms with van der Waals surface area (Å²) in [5.41, 5.74) is 5.12. The molecule has 0 saturated carbocycles. The number of para-hydroxylation sites is 1. The maximum absolute atomic E-state index is 12.6. The summed E-state index contributed by atoms with van der Waals surface area (Å²) >= 11 is 4.75. The van der Waals surface area contributed by atoms with E-state index in [4.69, 9.17) is 4.74 Å². The van der Waals surface area contributed by atoms with Crippen molar-refractivity contribution in [3.8, 4) is 5.75 Å². The van der Waals surface area contributed by atoms with E-state index in [9.17, 15) is 9.59 Å². The van der Waals surface area contributed by atoms with E-state index in [1.54, 1.807) is 42.6 Å². The molecule has 0 fully saturated rings. The van der Waals surface area contributed by atoms with Gasteiger partial charge in [-0.25, -0.2) is 5.43 Å². The molecule has 4 aromatic rings. The van der Waals surface area contributed by atoms with Crippen LogP contribution in [0.3, 0.4) is 0 Å². The van der Waals surface area contributed by atoms with Gasteiger partial charge < -0.3 is 10.1 Å². The molecule has 0 spiro atoms. The zero-order valence-electron chi connectivity index (χ0n) is 17.9. The molecule has 1 heterocycles. The number of hydrogen-bond donors (Lipinski definition) is 2. The number of hydrogen-bond acceptors (Lipinski definition) is 5. The summed E-state index contributed by atoms with van der Waals surface area (Å²) in [6.07, 6.45) is 1.54. The van der Waals surface area contributed by atoms with Gasteiger partial charge >= 0.3 is 0 Å². The van der Waals surface area contributed by atoms with Crippen LogP contribution >= 0.6 is 27.3 Å². The van der Waals surface area contributed by atoms with Gasteiger partial charge in [-0.3, -0.25) is 9.59 Å². The summed E-state index contributed by atoms with van der Waals surface area (Å²) in [4.78, 5) is 25.5. The van der Waals surface area contributed by atoms with Gasteiger partial charge in [0.05, 0.1) is 22.3 Å². The molecule has 0 atom stereocenters. The van der Waals surface area contributed by atoms with E-state index in [-0.39, 0.29) is 5.91 Å². The van der Waals surface area contributed by atoms with Crippen LogP contribution in [-0.2, 0) is 6.61 Å². The molecular formula is C26H20BrN3O3S. The van der Waals surface area contributed by atoms with Gasteiger partial charge in [-0.05, 0) is 71.1 Å². The number of carbonyl (C=O) groups is 2. The molecule has 3 aromatic carbocycles. The summed E-state index contributed by atoms with van der Waals surface area (Å²) in [6.45, 7) is 0.471. The van der Waals surface area contributed by atoms with Gasteiger partial charge in [-0.2, -0.15) is 5.10 Å². The molecule has 0 aliphatic heterocycles. The summed E-state index contributed by atoms with van der Waals surface area (Å²) in [6, 6.07) is 25.7. The molecule has 4 rings (SSSR count). The Balaban J connectivity index is 1.32. The number of ether oxygens (including phenoxy) is 1. The maximum Gasteiger partial charge on any atom is 0.273 e. The van der Waals surface area contributed by atoms with Crippen LogP contribution < -0.4 is 15.5 Å². The average Bonchev–Trinajstić information content (AvgIpc) is 3.40. The monoisotopic (exact) mass is 533 g/mol. The van der Waals surface area contributed by atoms with Crippen molar-refractivity contribution in [2.45, 2.75) is 6.61 Å². The fourth-order valence-corrected chi connectivity index (χ4v) is 3.89. The number of halogens is 1. The Morgan fingerprint density at radius 3 is 2.41 bits per heavy atom. The van der Waals surface area contributed by atoms with E-state index in [1.807, 2.05) is 53.9 Å². The quantitative estimate of drug-likeness (QED) is 0.212. The van der Waals surface area contributed by atoms with E-state index >= 15 is 0 Å². The second-order valence-corrected chi connectivity index (χ2v) is 9.02. The van der Waals surface area contributed by atoms with E-state index in [0.717, 1.165) is 21.3 Å². The average molecular weight is 534 g/mol. The molecule has 0 aliphatic rings. The van der Waals surface area contributed by atoms with Gasteiger partial charge in [0.25, 0.3) is 11.8 Å². The Labute approximate surface area is 209 Å². The predicted molar refractivity (Wildman–Crippen MR) is 139 cm³/mol. The van der Waals surface area contributed by atoms with Gasteiger partial charge in [-0.15, -0.1) is 11.3 Å². The van der Waals surface area contributed by atoms with Gasteiger partial charge in [-0.1, -0.05) is 46.3 Å². The molecule has 6 nitrogen and oxygen atoms in total. The Bertz CT molecular complexity index is 1290. The van der Waals surface area contributed by atoms with Crippen LogP contribution in [0.5, 0.6) is 5.75 Å². The molecule has 2 N–H and O–H groups in total. The van der Waals surface area contributed by atoms with Crippen molar-refractivity contribution < 1.29 is 14.3 Å². The molecule has 170 valence electrons. The highest BCUT2D eigenvalue weighted by Crippen LogP contribution is 2.18. The fourth-order valence-electron chi connectivity index (χ4n) is 3.00. The van der Waals surface area contributed by atoms with Gasteiger partial charge in [0.15, 0.2) is 0 Å². The molecular weight excluding hydrogens is 514 g/mol. The van der Waals surface area contributed by atoms with Crippen molar-refractivity contribution in [2.75, 3.05) is 5.32 Å². The number of thiophene rings is 1. The lowest BCUT2D eigenvalue weighted by Gasteiger charge is -2.09. The minimum Gasteiger partial charge on any atom is -0.489 e. The van der Waals surface area contributed by atoms with Gasteiger partial charge in [0, 0.05) is 4.47 Å². The maximum atomic E-state index is 12.6. The highest BCUT2D eigenvalue weighted by Gasteiger charge is 2.14. The van der Waals surface area contributed by atoms with Gasteiger partial charge in [0.2, 0.25) is 0 Å². The van der Waals surface area contributed by atoms with Crippen LogP contribution in [0.1, 0.15) is 31.2 Å². The third-order valence-electron chi connectivity index (χ3n) is 4.74. The Morgan fingerprint density at radius 2 is 1.68 bits per heavy atom. The lowest BCUT2D eigenvalue weighted by Crippen LogP contribution is -2.21. The molecule has 0 saturated heterocycles. The molecule has 34 heavy (non-hydrogen) atoms. The van der Waals surface area contributed by atoms with Crippen LogP contribution in [0.25, 0.3) is 0 Å². The number of nitrogens with one attached hydrogen (secondary N) is 2. The number of carbonyl (C=O) groups excluding carboxylic acids is 2. The Morgan fingerprint density at radius 1 is 0.912 bits per heavy atom. The summed E-state index contributed by atoms with van der Waals surface area (Å²) in [5, 5.41) is 8.64. The van der Waals surface area contributed by atoms with Crippen LogP contribution in [0, 0.1) is 0 Å². The van der Waals surface area contributed by atoms with Gasteiger partial charge in [0.1, 0.15) is 12.4 Å². The summed E-state index contributed by atoms with van der Waals surface area (Å²) in [5.74, 6) is 0.0495. The van der Waals surface area contributed by atoms with Crippen molar-refractivity contribution >= 4 is 51.0 Å². The molecule has 1 aromatic heterocycles. The minimum absolute atomic E-state index is 0.263. The topological polar surface area (TPSA) is 79.8 Å². The lowest BCUT2D eigenvalue weighted by atomic mass is 10.1. The first-order valence-corrected chi connectivity index (χ1v) is 12.0. The van der Waals surface area contributed by atoms with Crippen LogP contribution in [0.4, 0.5) is 5.69 Å². The first kappa shape index (κ1) is 23.4. The number of rotatable bonds is 8. The van der Waals surface area contributed by atoms with Crippen LogP contribution in [0.15, 0.2) is 99.9 Å². The highest BCUT2D eigenvalue weighted by atomic mass is 79.9. The first-order chi connectivity index (χ1) is 16.6. The summed E-state index contributed by atoms with van der Waals surface area (Å²) < 4.78 is 6.82. The van der Waals surface area contributed by atoms with Crippen LogP contribution in [-0.4, -0.2) is 18.0 Å². The SMILES string of the molecule is O=C(Nc1ccccc1C(=O)N/N=C\c1ccc(OCc2ccc(Br)cc2)cc1)c1cccs1. The Hall–Kier alpha value is -3.75. The molecule has 0 unspecified atom stereocenters. The predicted octanol–water partition coefficient (Wildman–Crippen LogP) is 6.11. The zero-order valence-corrected chi connectivity index (χ0v) is 20.3. The van der Waals surface area contributed by atoms with Crippen molar-refractivity contribution in [3.05, 3.63) is 116 Å². The van der Waals surface area contributed by atoms with E-state index in [1.165, 1.54) is 11.3 Å². The highest BCUT2D eigenvalue weighted by molar-refractivity contribution is 9.10. The number of amides is 2. The normalized spacial score (nSPS) is 10.7. The largest absolute Gasteiger partial charge is 0.489 e. The fraction of sp³-hybridized carbons (Fsp3) is 0.0385. The smallest absolute Gasteiger partial charge is 0.273 e. The third-order valence-corrected chi connectivity index (χ3v) is 6.14. The van der Waals surface area contributed by atoms with E-state index in [0.29, 0.717) is 22.7 Å². The number of anilines is 1. The summed E-state index contributed by atoms with van der Waals surface area (Å²) in [7, 11) is 0. The van der Waals surface area contributed by atoms with Crippen molar-refractivity contribution in [1.82, 2.24) is 5.43 Å². The van der Waals surface area contributed by atoms with E-state index < -0.39 is 5.91 Å². The molecule has 0 bridgehead atoms. The number of nitrogens with zero attached hydrogens (tertiary/aromatic N) is 1. The van der Waals surface area contributed by atoms with Crippen LogP contribution in [0.2, 0.25) is 0 Å². The van der Waals surface area contributed by atoms with E-state index in [2.05, 4.69) is 31.8 Å². The standard InChI is InChI=1S/C26H20BrN3O3S/c27-20-11-7-19(8-12-20)17-33-21-13-9-18(10-14-21)16-28-30-25(31)22-4-1-2-5-23(22)29-26(32)24-6-3-15-34-24/h1-16H,17H2,(H,29,32)(H,30,31)/b28-16-. The number of benzene rings is 3. The van der Waals surface area contributed by atoms with Crippen molar-refractivity contribution in [1.29, 1.82) is 0 Å². The lowest BCUT2D eigenvalue weighted by molar-refractivity contribution is 0.0956. The molecule has 0 radical (unpaired) electrons. The molecule has 8 heteroatoms. The van der Waals surface area contributed by atoms with Crippen molar-refractivity contribution in [3.63, 3.8) is 0 Å². The first-order valence-electron chi connectivity index (χ1n) is 10.3. The minimum atomic E-state index is -0.423. The second-order valence-electron chi connectivity index (χ2n) is 7.16. The Kier molecular flexibility index (Phi) is 7.85. The van der Waals surface area contributed by atoms with Crippen molar-refractivity contribution in [2.24, 2.45) is 5.10 Å². The molecule has 0 aliphatic carbocycles. The second kappa shape index (κ2) is 11.4. The third kappa shape index (κ3) is 6.40. The number of hydrazone groups is 1.